The van der Waals surface area contributed by atoms with E-state index in [9.17, 15) is 4.79 Å². The van der Waals surface area contributed by atoms with Gasteiger partial charge in [0.15, 0.2) is 0 Å². The van der Waals surface area contributed by atoms with Crippen molar-refractivity contribution >= 4 is 5.97 Å². The topological polar surface area (TPSA) is 58.6 Å². The Bertz CT molecular complexity index is 477. The van der Waals surface area contributed by atoms with Crippen molar-refractivity contribution in [3.63, 3.8) is 0 Å². The van der Waals surface area contributed by atoms with E-state index in [1.807, 2.05) is 26.0 Å². The van der Waals surface area contributed by atoms with Crippen molar-refractivity contribution in [2.45, 2.75) is 52.5 Å². The summed E-state index contributed by atoms with van der Waals surface area (Å²) in [5.74, 6) is -0.139. The molecule has 0 radical (unpaired) electrons. The summed E-state index contributed by atoms with van der Waals surface area (Å²) in [6, 6.07) is 5.39. The van der Waals surface area contributed by atoms with E-state index >= 15 is 0 Å². The largest absolute Gasteiger partial charge is 0.491 e. The monoisotopic (exact) mass is 293 g/mol. The van der Waals surface area contributed by atoms with E-state index in [1.165, 1.54) is 5.56 Å². The molecule has 0 heterocycles. The van der Waals surface area contributed by atoms with E-state index in [1.54, 1.807) is 0 Å². The average Bonchev–Trinajstić information content (AvgIpc) is 2.38. The van der Waals surface area contributed by atoms with Gasteiger partial charge in [0, 0.05) is 0 Å². The van der Waals surface area contributed by atoms with Gasteiger partial charge in [-0.2, -0.15) is 0 Å². The lowest BCUT2D eigenvalue weighted by molar-refractivity contribution is -0.140. The molecule has 0 saturated carbocycles. The Labute approximate surface area is 127 Å². The number of ether oxygens (including phenoxy) is 1. The molecule has 1 unspecified atom stereocenters. The highest BCUT2D eigenvalue weighted by molar-refractivity contribution is 5.73. The number of benzene rings is 1. The predicted octanol–water partition coefficient (Wildman–Crippen LogP) is 3.12. The third-order valence-corrected chi connectivity index (χ3v) is 3.39. The average molecular weight is 293 g/mol. The predicted molar refractivity (Wildman–Crippen MR) is 85.1 cm³/mol. The number of hydrogen-bond acceptors (Lipinski definition) is 3. The van der Waals surface area contributed by atoms with Gasteiger partial charge in [0.05, 0.1) is 0 Å². The Morgan fingerprint density at radius 1 is 1.38 bits per heavy atom. The highest BCUT2D eigenvalue weighted by Gasteiger charge is 2.18. The number of hydrogen-bond donors (Lipinski definition) is 2. The van der Waals surface area contributed by atoms with Crippen LogP contribution in [0.25, 0.3) is 0 Å². The Morgan fingerprint density at radius 3 is 2.52 bits per heavy atom. The number of carboxylic acids is 1. The van der Waals surface area contributed by atoms with Gasteiger partial charge in [0.2, 0.25) is 0 Å². The second-order valence-corrected chi connectivity index (χ2v) is 6.39. The molecule has 0 aliphatic heterocycles. The lowest BCUT2D eigenvalue weighted by Crippen LogP contribution is -2.41. The van der Waals surface area contributed by atoms with Gasteiger partial charge in [0.1, 0.15) is 18.4 Å². The number of carboxylic acid groups (broad SMARTS) is 1. The van der Waals surface area contributed by atoms with Gasteiger partial charge >= 0.3 is 5.97 Å². The van der Waals surface area contributed by atoms with Crippen LogP contribution in [0, 0.1) is 6.92 Å². The van der Waals surface area contributed by atoms with Crippen molar-refractivity contribution in [3.05, 3.63) is 29.3 Å². The number of aliphatic carboxylic acids is 1. The Kier molecular flexibility index (Phi) is 6.21. The van der Waals surface area contributed by atoms with Crippen LogP contribution in [0.1, 0.15) is 45.2 Å². The highest BCUT2D eigenvalue weighted by atomic mass is 16.5. The first-order valence-corrected chi connectivity index (χ1v) is 7.45. The molecule has 1 aromatic carbocycles. The fourth-order valence-corrected chi connectivity index (χ4v) is 1.99. The molecule has 0 aliphatic rings. The van der Waals surface area contributed by atoms with Crippen LogP contribution < -0.4 is 10.1 Å². The second-order valence-electron chi connectivity index (χ2n) is 6.39. The van der Waals surface area contributed by atoms with Crippen LogP contribution >= 0.6 is 0 Å². The van der Waals surface area contributed by atoms with Gasteiger partial charge < -0.3 is 15.2 Å². The third kappa shape index (κ3) is 5.38. The van der Waals surface area contributed by atoms with E-state index in [0.717, 1.165) is 17.7 Å². The van der Waals surface area contributed by atoms with Gasteiger partial charge in [-0.25, -0.2) is 0 Å². The van der Waals surface area contributed by atoms with E-state index in [4.69, 9.17) is 9.84 Å². The molecule has 1 rings (SSSR count). The first-order chi connectivity index (χ1) is 9.75. The van der Waals surface area contributed by atoms with E-state index in [-0.39, 0.29) is 12.0 Å². The summed E-state index contributed by atoms with van der Waals surface area (Å²) in [7, 11) is 0. The summed E-state index contributed by atoms with van der Waals surface area (Å²) in [6.07, 6.45) is 0.892. The highest BCUT2D eigenvalue weighted by Crippen LogP contribution is 2.27. The van der Waals surface area contributed by atoms with Crippen molar-refractivity contribution in [1.29, 1.82) is 0 Å². The first-order valence-electron chi connectivity index (χ1n) is 7.45. The summed E-state index contributed by atoms with van der Waals surface area (Å²) in [4.78, 5) is 11.2. The molecule has 0 spiro atoms. The fourth-order valence-electron chi connectivity index (χ4n) is 1.99. The molecule has 118 valence electrons. The molecule has 1 aromatic rings. The number of carbonyl (C=O) groups is 1. The zero-order valence-corrected chi connectivity index (χ0v) is 13.7. The first kappa shape index (κ1) is 17.5. The van der Waals surface area contributed by atoms with Crippen molar-refractivity contribution in [3.8, 4) is 5.75 Å². The van der Waals surface area contributed by atoms with Gasteiger partial charge in [-0.05, 0) is 42.5 Å². The van der Waals surface area contributed by atoms with Gasteiger partial charge in [-0.15, -0.1) is 0 Å². The van der Waals surface area contributed by atoms with Crippen molar-refractivity contribution in [1.82, 2.24) is 5.32 Å². The molecule has 0 saturated heterocycles. The van der Waals surface area contributed by atoms with Crippen LogP contribution in [0.4, 0.5) is 0 Å². The number of nitrogens with one attached hydrogen (secondary N) is 1. The normalized spacial score (nSPS) is 13.0. The summed E-state index contributed by atoms with van der Waals surface area (Å²) in [6.45, 7) is 11.3. The molecule has 1 atom stereocenters. The van der Waals surface area contributed by atoms with Crippen molar-refractivity contribution in [2.24, 2.45) is 0 Å². The van der Waals surface area contributed by atoms with Crippen molar-refractivity contribution in [2.75, 3.05) is 13.2 Å². The van der Waals surface area contributed by atoms with Crippen LogP contribution in [0.2, 0.25) is 0 Å². The molecule has 4 nitrogen and oxygen atoms in total. The lowest BCUT2D eigenvalue weighted by Gasteiger charge is -2.21. The minimum absolute atomic E-state index is 0.0928. The van der Waals surface area contributed by atoms with Crippen LogP contribution in [0.15, 0.2) is 18.2 Å². The van der Waals surface area contributed by atoms with Crippen LogP contribution in [0.3, 0.4) is 0 Å². The van der Waals surface area contributed by atoms with Crippen LogP contribution in [-0.2, 0) is 10.2 Å². The molecule has 21 heavy (non-hydrogen) atoms. The molecule has 0 amide bonds. The third-order valence-electron chi connectivity index (χ3n) is 3.39. The summed E-state index contributed by atoms with van der Waals surface area (Å²) in [5, 5.41) is 12.1. The van der Waals surface area contributed by atoms with E-state index in [2.05, 4.69) is 32.2 Å². The SMILES string of the molecule is CCCNC(COc1ccc(C(C)(C)C)cc1C)C(=O)O. The molecular formula is C17H27NO3. The van der Waals surface area contributed by atoms with Gasteiger partial charge in [-0.1, -0.05) is 39.8 Å². The van der Waals surface area contributed by atoms with Crippen LogP contribution in [0.5, 0.6) is 5.75 Å². The summed E-state index contributed by atoms with van der Waals surface area (Å²) >= 11 is 0. The standard InChI is InChI=1S/C17H27NO3/c1-6-9-18-14(16(19)20)11-21-15-8-7-13(10-12(15)2)17(3,4)5/h7-8,10,14,18H,6,9,11H2,1-5H3,(H,19,20). The zero-order chi connectivity index (χ0) is 16.0. The quantitative estimate of drug-likeness (QED) is 0.811. The molecule has 0 aromatic heterocycles. The lowest BCUT2D eigenvalue weighted by atomic mass is 9.86. The molecule has 0 bridgehead atoms. The maximum Gasteiger partial charge on any atom is 0.324 e. The molecule has 0 fully saturated rings. The Balaban J connectivity index is 2.72. The zero-order valence-electron chi connectivity index (χ0n) is 13.7. The minimum Gasteiger partial charge on any atom is -0.491 e. The fraction of sp³-hybridized carbons (Fsp3) is 0.588. The summed E-state index contributed by atoms with van der Waals surface area (Å²) in [5.41, 5.74) is 2.36. The molecule has 2 N–H and O–H groups in total. The molecular weight excluding hydrogens is 266 g/mol. The van der Waals surface area contributed by atoms with Gasteiger partial charge in [-0.3, -0.25) is 4.79 Å². The van der Waals surface area contributed by atoms with Crippen LogP contribution in [-0.4, -0.2) is 30.3 Å². The molecule has 0 aliphatic carbocycles. The van der Waals surface area contributed by atoms with Crippen molar-refractivity contribution < 1.29 is 14.6 Å². The van der Waals surface area contributed by atoms with E-state index in [0.29, 0.717) is 6.54 Å². The number of aryl methyl sites for hydroxylation is 1. The smallest absolute Gasteiger partial charge is 0.324 e. The maximum atomic E-state index is 11.2. The van der Waals surface area contributed by atoms with Gasteiger partial charge in [0.25, 0.3) is 0 Å². The van der Waals surface area contributed by atoms with E-state index < -0.39 is 12.0 Å². The Hall–Kier alpha value is -1.55. The maximum absolute atomic E-state index is 11.2. The minimum atomic E-state index is -0.882. The second kappa shape index (κ2) is 7.46. The Morgan fingerprint density at radius 2 is 2.05 bits per heavy atom. The number of rotatable bonds is 7. The molecule has 4 heteroatoms. The summed E-state index contributed by atoms with van der Waals surface area (Å²) < 4.78 is 5.68.